The number of alkyl halides is 1. The van der Waals surface area contributed by atoms with Gasteiger partial charge in [-0.25, -0.2) is 16.8 Å². The van der Waals surface area contributed by atoms with Crippen LogP contribution in [0.4, 0.5) is 11.4 Å². The van der Waals surface area contributed by atoms with Gasteiger partial charge in [0.1, 0.15) is 0 Å². The first-order valence-electron chi connectivity index (χ1n) is 20.3. The predicted molar refractivity (Wildman–Crippen MR) is 238 cm³/mol. The number of likely N-dealkylation sites (tertiary alicyclic amines) is 1. The zero-order valence-electron chi connectivity index (χ0n) is 34.4. The lowest BCUT2D eigenvalue weighted by Gasteiger charge is -2.24. The van der Waals surface area contributed by atoms with E-state index in [-0.39, 0.29) is 10.8 Å². The lowest BCUT2D eigenvalue weighted by Crippen LogP contribution is -2.30. The van der Waals surface area contributed by atoms with Gasteiger partial charge in [0, 0.05) is 41.2 Å². The van der Waals surface area contributed by atoms with Crippen LogP contribution in [0.15, 0.2) is 97.1 Å². The molecule has 4 atom stereocenters. The SMILES string of the molecule is CC1(c2cccc(NS(C)(=O)=O)c2)C2CNCC21.Cc1ccc(CCCCl)cc1.Cc1ccc(CCCN2CC3C(C2)C3(C)c2cccc(NS(C)(=O)=O)c2)cc1. The molecule has 0 spiro atoms. The second-order valence-electron chi connectivity index (χ2n) is 17.2. The first-order chi connectivity index (χ1) is 27.0. The van der Waals surface area contributed by atoms with Crippen LogP contribution in [0.5, 0.6) is 0 Å². The van der Waals surface area contributed by atoms with Crippen molar-refractivity contribution >= 4 is 43.0 Å². The fraction of sp³-hybridized carbons (Fsp3) is 0.478. The van der Waals surface area contributed by atoms with Crippen molar-refractivity contribution in [3.63, 3.8) is 0 Å². The molecular weight excluding hydrogens is 772 g/mol. The Balaban J connectivity index is 0.000000161. The first kappa shape index (κ1) is 43.2. The van der Waals surface area contributed by atoms with Crippen LogP contribution < -0.4 is 14.8 Å². The molecular formula is C46H61ClN4O4S2. The van der Waals surface area contributed by atoms with Gasteiger partial charge in [-0.3, -0.25) is 9.44 Å². The molecule has 8 nitrogen and oxygen atoms in total. The molecule has 0 radical (unpaired) electrons. The summed E-state index contributed by atoms with van der Waals surface area (Å²) in [5, 5.41) is 3.39. The number of benzene rings is 4. The van der Waals surface area contributed by atoms with E-state index in [1.54, 1.807) is 6.07 Å². The minimum atomic E-state index is -3.24. The Morgan fingerprint density at radius 2 is 1.07 bits per heavy atom. The highest BCUT2D eigenvalue weighted by Crippen LogP contribution is 2.63. The maximum Gasteiger partial charge on any atom is 0.229 e. The normalized spacial score (nSPS) is 25.9. The number of nitrogens with one attached hydrogen (secondary N) is 3. The second-order valence-corrected chi connectivity index (χ2v) is 21.1. The smallest absolute Gasteiger partial charge is 0.229 e. The van der Waals surface area contributed by atoms with E-state index in [2.05, 4.69) is 108 Å². The van der Waals surface area contributed by atoms with Gasteiger partial charge in [0.15, 0.2) is 0 Å². The standard InChI is InChI=1S/C23H30N2O2S.C13H18N2O2S.C10H13Cl/c1-17-9-11-18(12-10-17)6-5-13-25-15-21-22(16-25)23(21,2)19-7-4-8-20(14-19)24-28(3,26)27;1-13(11-7-14-8-12(11)13)9-4-3-5-10(6-9)15-18(2,16)17;1-9-4-6-10(7-5-9)3-2-8-11/h4,7-12,14,21-22,24H,5-6,13,15-16H2,1-3H3;3-6,11-12,14-15H,7-8H2,1-2H3;4-7H,2-3,8H2,1H3. The number of hydrogen-bond acceptors (Lipinski definition) is 6. The summed E-state index contributed by atoms with van der Waals surface area (Å²) in [5.41, 5.74) is 9.69. The van der Waals surface area contributed by atoms with Gasteiger partial charge in [0.2, 0.25) is 20.0 Å². The minimum Gasteiger partial charge on any atom is -0.316 e. The number of nitrogens with zero attached hydrogens (tertiary/aromatic N) is 1. The summed E-state index contributed by atoms with van der Waals surface area (Å²) in [7, 11) is -6.44. The van der Waals surface area contributed by atoms with E-state index in [9.17, 15) is 16.8 Å². The summed E-state index contributed by atoms with van der Waals surface area (Å²) in [6, 6.07) is 33.2. The topological polar surface area (TPSA) is 108 Å². The molecule has 8 rings (SSSR count). The van der Waals surface area contributed by atoms with Crippen molar-refractivity contribution in [3.8, 4) is 0 Å². The molecule has 4 aromatic carbocycles. The third-order valence-electron chi connectivity index (χ3n) is 12.8. The van der Waals surface area contributed by atoms with Crippen LogP contribution in [-0.4, -0.2) is 72.9 Å². The number of sulfonamides is 2. The average molecular weight is 834 g/mol. The number of aryl methyl sites for hydroxylation is 4. The van der Waals surface area contributed by atoms with Crippen LogP contribution in [0.25, 0.3) is 0 Å². The van der Waals surface area contributed by atoms with E-state index >= 15 is 0 Å². The Kier molecular flexibility index (Phi) is 13.5. The highest BCUT2D eigenvalue weighted by Gasteiger charge is 2.65. The van der Waals surface area contributed by atoms with E-state index < -0.39 is 20.0 Å². The number of rotatable bonds is 13. The second kappa shape index (κ2) is 17.8. The van der Waals surface area contributed by atoms with E-state index in [4.69, 9.17) is 11.6 Å². The molecule has 0 amide bonds. The van der Waals surface area contributed by atoms with Crippen molar-refractivity contribution in [2.45, 2.75) is 64.2 Å². The Morgan fingerprint density at radius 1 is 0.649 bits per heavy atom. The van der Waals surface area contributed by atoms with Gasteiger partial charge in [-0.15, -0.1) is 11.6 Å². The van der Waals surface area contributed by atoms with Gasteiger partial charge < -0.3 is 10.2 Å². The van der Waals surface area contributed by atoms with Crippen molar-refractivity contribution in [2.24, 2.45) is 23.7 Å². The van der Waals surface area contributed by atoms with Crippen molar-refractivity contribution in [1.82, 2.24) is 10.2 Å². The van der Waals surface area contributed by atoms with Gasteiger partial charge in [0.05, 0.1) is 12.5 Å². The van der Waals surface area contributed by atoms with E-state index in [1.807, 2.05) is 30.3 Å². The molecule has 0 aromatic heterocycles. The Hall–Kier alpha value is -3.41. The lowest BCUT2D eigenvalue weighted by atomic mass is 9.92. The summed E-state index contributed by atoms with van der Waals surface area (Å²) < 4.78 is 50.7. The van der Waals surface area contributed by atoms with Crippen molar-refractivity contribution in [2.75, 3.05) is 60.6 Å². The summed E-state index contributed by atoms with van der Waals surface area (Å²) in [6.45, 7) is 14.5. The van der Waals surface area contributed by atoms with Gasteiger partial charge in [-0.1, -0.05) is 97.8 Å². The zero-order valence-corrected chi connectivity index (χ0v) is 36.8. The molecule has 308 valence electrons. The molecule has 2 heterocycles. The highest BCUT2D eigenvalue weighted by atomic mass is 35.5. The van der Waals surface area contributed by atoms with Gasteiger partial charge in [-0.2, -0.15) is 0 Å². The van der Waals surface area contributed by atoms with Crippen molar-refractivity contribution < 1.29 is 16.8 Å². The number of piperidine rings is 2. The molecule has 2 aliphatic carbocycles. The molecule has 3 N–H and O–H groups in total. The molecule has 57 heavy (non-hydrogen) atoms. The van der Waals surface area contributed by atoms with Crippen LogP contribution in [0.1, 0.15) is 60.1 Å². The number of hydrogen-bond donors (Lipinski definition) is 3. The van der Waals surface area contributed by atoms with Gasteiger partial charge in [0.25, 0.3) is 0 Å². The number of anilines is 2. The van der Waals surface area contributed by atoms with Gasteiger partial charge in [-0.05, 0) is 129 Å². The highest BCUT2D eigenvalue weighted by molar-refractivity contribution is 7.92. The average Bonchev–Trinajstić information content (AvgIpc) is 3.61. The molecule has 4 aromatic rings. The molecule has 4 aliphatic rings. The van der Waals surface area contributed by atoms with Crippen LogP contribution in [0, 0.1) is 37.5 Å². The summed E-state index contributed by atoms with van der Waals surface area (Å²) in [4.78, 5) is 2.60. The lowest BCUT2D eigenvalue weighted by molar-refractivity contribution is 0.274. The molecule has 11 heteroatoms. The maximum absolute atomic E-state index is 11.5. The number of halogens is 1. The Bertz CT molecular complexity index is 2170. The van der Waals surface area contributed by atoms with E-state index in [0.29, 0.717) is 35.0 Å². The van der Waals surface area contributed by atoms with Crippen LogP contribution in [-0.2, 0) is 43.7 Å². The third kappa shape index (κ3) is 11.0. The molecule has 4 unspecified atom stereocenters. The van der Waals surface area contributed by atoms with Crippen LogP contribution >= 0.6 is 11.6 Å². The largest absolute Gasteiger partial charge is 0.316 e. The summed E-state index contributed by atoms with van der Waals surface area (Å²) in [5.74, 6) is 3.52. The Morgan fingerprint density at radius 3 is 1.49 bits per heavy atom. The van der Waals surface area contributed by atoms with Crippen LogP contribution in [0.2, 0.25) is 0 Å². The third-order valence-corrected chi connectivity index (χ3v) is 14.3. The van der Waals surface area contributed by atoms with Gasteiger partial charge >= 0.3 is 0 Å². The Labute approximate surface area is 347 Å². The fourth-order valence-electron chi connectivity index (χ4n) is 9.35. The van der Waals surface area contributed by atoms with Crippen molar-refractivity contribution in [3.05, 3.63) is 130 Å². The molecule has 0 bridgehead atoms. The fourth-order valence-corrected chi connectivity index (χ4v) is 10.6. The molecule has 2 aliphatic heterocycles. The first-order valence-corrected chi connectivity index (χ1v) is 24.6. The monoisotopic (exact) mass is 832 g/mol. The summed E-state index contributed by atoms with van der Waals surface area (Å²) in [6.07, 6.45) is 6.89. The molecule has 2 saturated carbocycles. The summed E-state index contributed by atoms with van der Waals surface area (Å²) >= 11 is 5.58. The number of fused-ring (bicyclic) bond motifs is 2. The zero-order chi connectivity index (χ0) is 41.0. The molecule has 2 saturated heterocycles. The molecule has 4 fully saturated rings. The quantitative estimate of drug-likeness (QED) is 0.118. The van der Waals surface area contributed by atoms with E-state index in [0.717, 1.165) is 57.9 Å². The predicted octanol–water partition coefficient (Wildman–Crippen LogP) is 8.15. The maximum atomic E-state index is 11.5. The van der Waals surface area contributed by atoms with Crippen molar-refractivity contribution in [1.29, 1.82) is 0 Å². The minimum absolute atomic E-state index is 0.183. The van der Waals surface area contributed by atoms with E-state index in [1.165, 1.54) is 52.3 Å². The van der Waals surface area contributed by atoms with Crippen LogP contribution in [0.3, 0.4) is 0 Å².